The fourth-order valence-corrected chi connectivity index (χ4v) is 4.01. The Kier molecular flexibility index (Phi) is 8.70. The van der Waals surface area contributed by atoms with E-state index in [4.69, 9.17) is 4.74 Å². The lowest BCUT2D eigenvalue weighted by molar-refractivity contribution is -0.385. The van der Waals surface area contributed by atoms with E-state index < -0.39 is 10.7 Å². The lowest BCUT2D eigenvalue weighted by Crippen LogP contribution is -2.24. The van der Waals surface area contributed by atoms with E-state index in [-0.39, 0.29) is 30.2 Å². The summed E-state index contributed by atoms with van der Waals surface area (Å²) >= 11 is 0. The van der Waals surface area contributed by atoms with Crippen molar-refractivity contribution in [2.45, 2.75) is 59.2 Å². The number of carbonyl (C=O) groups excluding carboxylic acids is 1. The molecule has 9 heteroatoms. The Morgan fingerprint density at radius 3 is 2.60 bits per heavy atom. The van der Waals surface area contributed by atoms with Crippen LogP contribution in [0.4, 0.5) is 10.1 Å². The summed E-state index contributed by atoms with van der Waals surface area (Å²) in [5.41, 5.74) is 3.33. The van der Waals surface area contributed by atoms with Crippen LogP contribution in [0.1, 0.15) is 66.5 Å². The quantitative estimate of drug-likeness (QED) is 0.306. The molecule has 35 heavy (non-hydrogen) atoms. The molecule has 0 bridgehead atoms. The molecule has 186 valence electrons. The molecule has 2 heterocycles. The number of nitrogens with one attached hydrogen (secondary N) is 1. The Hall–Kier alpha value is -3.59. The highest BCUT2D eigenvalue weighted by Crippen LogP contribution is 2.26. The summed E-state index contributed by atoms with van der Waals surface area (Å²) < 4.78 is 21.7. The number of ether oxygens (including phenoxy) is 1. The number of halogens is 1. The van der Waals surface area contributed by atoms with Gasteiger partial charge in [-0.05, 0) is 49.1 Å². The first kappa shape index (κ1) is 26.0. The third-order valence-electron chi connectivity index (χ3n) is 5.49. The van der Waals surface area contributed by atoms with E-state index in [0.717, 1.165) is 23.0 Å². The van der Waals surface area contributed by atoms with Crippen molar-refractivity contribution in [3.63, 3.8) is 0 Å². The Bertz CT molecular complexity index is 1180. The fraction of sp³-hybridized carbons (Fsp3) is 0.385. The Morgan fingerprint density at radius 1 is 1.20 bits per heavy atom. The number of amides is 1. The Labute approximate surface area is 204 Å². The second-order valence-electron chi connectivity index (χ2n) is 8.96. The summed E-state index contributed by atoms with van der Waals surface area (Å²) in [4.78, 5) is 27.8. The number of nitro groups is 1. The molecule has 1 aromatic carbocycles. The zero-order valence-corrected chi connectivity index (χ0v) is 20.5. The molecule has 0 aliphatic carbocycles. The van der Waals surface area contributed by atoms with E-state index in [2.05, 4.69) is 14.9 Å². The first-order valence-corrected chi connectivity index (χ1v) is 11.6. The largest absolute Gasteiger partial charge is 0.378 e. The molecule has 1 amide bonds. The van der Waals surface area contributed by atoms with Crippen LogP contribution >= 0.6 is 0 Å². The Balaban J connectivity index is 1.90. The van der Waals surface area contributed by atoms with Gasteiger partial charge in [0.15, 0.2) is 0 Å². The van der Waals surface area contributed by atoms with E-state index in [9.17, 15) is 19.3 Å². The average molecular weight is 483 g/mol. The van der Waals surface area contributed by atoms with Gasteiger partial charge in [0, 0.05) is 49.4 Å². The number of hydrogen-bond acceptors (Lipinski definition) is 5. The van der Waals surface area contributed by atoms with E-state index in [1.54, 1.807) is 12.4 Å². The smallest absolute Gasteiger partial charge is 0.272 e. The number of aromatic nitrogens is 2. The summed E-state index contributed by atoms with van der Waals surface area (Å²) in [7, 11) is 0. The van der Waals surface area contributed by atoms with Gasteiger partial charge >= 0.3 is 0 Å². The van der Waals surface area contributed by atoms with E-state index >= 15 is 0 Å². The minimum absolute atomic E-state index is 0.0332. The van der Waals surface area contributed by atoms with Crippen molar-refractivity contribution in [2.75, 3.05) is 6.61 Å². The number of nitrogens with zero attached hydrogens (tertiary/aromatic N) is 3. The molecular formula is C26H31FN4O4. The minimum atomic E-state index is -0.721. The third-order valence-corrected chi connectivity index (χ3v) is 5.49. The van der Waals surface area contributed by atoms with Crippen molar-refractivity contribution in [3.8, 4) is 0 Å². The molecule has 0 saturated heterocycles. The molecule has 0 atom stereocenters. The molecule has 8 nitrogen and oxygen atoms in total. The van der Waals surface area contributed by atoms with Crippen LogP contribution in [-0.4, -0.2) is 33.1 Å². The number of pyridine rings is 1. The molecule has 3 aromatic rings. The fourth-order valence-electron chi connectivity index (χ4n) is 4.01. The molecule has 3 rings (SSSR count). The molecule has 0 aliphatic rings. The number of rotatable bonds is 11. The molecule has 0 aliphatic heterocycles. The van der Waals surface area contributed by atoms with Gasteiger partial charge in [-0.3, -0.25) is 19.9 Å². The summed E-state index contributed by atoms with van der Waals surface area (Å²) in [5, 5.41) is 13.8. The number of hydrogen-bond donors (Lipinski definition) is 1. The maximum absolute atomic E-state index is 13.8. The van der Waals surface area contributed by atoms with Gasteiger partial charge in [-0.25, -0.2) is 4.39 Å². The van der Waals surface area contributed by atoms with E-state index in [1.165, 1.54) is 12.1 Å². The highest BCUT2D eigenvalue weighted by Gasteiger charge is 2.23. The second kappa shape index (κ2) is 11.7. The van der Waals surface area contributed by atoms with Crippen LogP contribution in [0.3, 0.4) is 0 Å². The number of non-ortho nitro benzene ring substituents is 1. The molecular weight excluding hydrogens is 451 g/mol. The minimum Gasteiger partial charge on any atom is -0.378 e. The average Bonchev–Trinajstić information content (AvgIpc) is 3.16. The van der Waals surface area contributed by atoms with Gasteiger partial charge in [0.2, 0.25) is 0 Å². The number of carbonyl (C=O) groups is 1. The van der Waals surface area contributed by atoms with Gasteiger partial charge in [0.05, 0.1) is 29.3 Å². The molecule has 0 radical (unpaired) electrons. The van der Waals surface area contributed by atoms with Crippen LogP contribution in [0, 0.1) is 15.9 Å². The Morgan fingerprint density at radius 2 is 1.97 bits per heavy atom. The van der Waals surface area contributed by atoms with E-state index in [0.29, 0.717) is 30.7 Å². The van der Waals surface area contributed by atoms with Crippen LogP contribution < -0.4 is 5.32 Å². The summed E-state index contributed by atoms with van der Waals surface area (Å²) in [5.74, 6) is -1.000. The van der Waals surface area contributed by atoms with Gasteiger partial charge in [0.1, 0.15) is 5.82 Å². The number of nitro benzene ring substituents is 1. The van der Waals surface area contributed by atoms with E-state index in [1.807, 2.05) is 45.9 Å². The molecule has 0 fully saturated rings. The van der Waals surface area contributed by atoms with Gasteiger partial charge in [-0.2, -0.15) is 0 Å². The maximum atomic E-state index is 13.8. The topological polar surface area (TPSA) is 99.3 Å². The monoisotopic (exact) mass is 482 g/mol. The highest BCUT2D eigenvalue weighted by atomic mass is 19.1. The van der Waals surface area contributed by atoms with Crippen molar-refractivity contribution in [2.24, 2.45) is 0 Å². The molecule has 1 N–H and O–H groups in total. The normalized spacial score (nSPS) is 11.3. The van der Waals surface area contributed by atoms with Crippen LogP contribution in [-0.2, 0) is 24.2 Å². The van der Waals surface area contributed by atoms with Gasteiger partial charge in [-0.15, -0.1) is 0 Å². The predicted molar refractivity (Wildman–Crippen MR) is 131 cm³/mol. The van der Waals surface area contributed by atoms with Gasteiger partial charge in [0.25, 0.3) is 11.6 Å². The second-order valence-corrected chi connectivity index (χ2v) is 8.96. The van der Waals surface area contributed by atoms with Crippen LogP contribution in [0.25, 0.3) is 0 Å². The molecule has 2 aromatic heterocycles. The standard InChI is InChI=1S/C26H31FN4O4/c1-17(2)25-24(26(32)29-15-20-10-21(27)12-23(11-20)31(33)34)13-22(7-9-35-18(3)4)30(25)16-19-6-5-8-28-14-19/h5-6,8,10-14,17-18H,7,9,15-16H2,1-4H3,(H,29,32). The SMILES string of the molecule is CC(C)OCCc1cc(C(=O)NCc2cc(F)cc([N+](=O)[O-])c2)c(C(C)C)n1Cc1cccnc1. The van der Waals surface area contributed by atoms with Gasteiger partial charge in [-0.1, -0.05) is 19.9 Å². The first-order valence-electron chi connectivity index (χ1n) is 11.6. The summed E-state index contributed by atoms with van der Waals surface area (Å²) in [6, 6.07) is 9.03. The van der Waals surface area contributed by atoms with Gasteiger partial charge < -0.3 is 14.6 Å². The van der Waals surface area contributed by atoms with Crippen LogP contribution in [0.15, 0.2) is 48.8 Å². The zero-order chi connectivity index (χ0) is 25.5. The third kappa shape index (κ3) is 6.95. The lowest BCUT2D eigenvalue weighted by Gasteiger charge is -2.17. The van der Waals surface area contributed by atoms with Crippen molar-refractivity contribution < 1.29 is 18.8 Å². The maximum Gasteiger partial charge on any atom is 0.272 e. The molecule has 0 spiro atoms. The van der Waals surface area contributed by atoms with Crippen molar-refractivity contribution in [1.29, 1.82) is 0 Å². The van der Waals surface area contributed by atoms with Crippen LogP contribution in [0.2, 0.25) is 0 Å². The van der Waals surface area contributed by atoms with Crippen LogP contribution in [0.5, 0.6) is 0 Å². The zero-order valence-electron chi connectivity index (χ0n) is 20.5. The first-order chi connectivity index (χ1) is 16.7. The van der Waals surface area contributed by atoms with Crippen molar-refractivity contribution >= 4 is 11.6 Å². The summed E-state index contributed by atoms with van der Waals surface area (Å²) in [6.45, 7) is 9.04. The summed E-state index contributed by atoms with van der Waals surface area (Å²) in [6.07, 6.45) is 4.24. The molecule has 0 unspecified atom stereocenters. The highest BCUT2D eigenvalue weighted by molar-refractivity contribution is 5.96. The predicted octanol–water partition coefficient (Wildman–Crippen LogP) is 5.00. The molecule has 0 saturated carbocycles. The lowest BCUT2D eigenvalue weighted by atomic mass is 10.0. The van der Waals surface area contributed by atoms with Crippen molar-refractivity contribution in [3.05, 3.63) is 92.8 Å². The number of benzene rings is 1. The van der Waals surface area contributed by atoms with Crippen molar-refractivity contribution in [1.82, 2.24) is 14.9 Å².